The van der Waals surface area contributed by atoms with E-state index >= 15 is 0 Å². The summed E-state index contributed by atoms with van der Waals surface area (Å²) in [6.07, 6.45) is 0.0191. The van der Waals surface area contributed by atoms with Crippen molar-refractivity contribution < 1.29 is 24.2 Å². The third-order valence-electron chi connectivity index (χ3n) is 4.83. The fourth-order valence-electron chi connectivity index (χ4n) is 3.39. The Morgan fingerprint density at radius 2 is 1.94 bits per heavy atom. The van der Waals surface area contributed by atoms with E-state index in [1.807, 2.05) is 31.4 Å². The number of aliphatic hydroxyl groups is 1. The Balaban J connectivity index is 1.98. The van der Waals surface area contributed by atoms with Gasteiger partial charge in [0, 0.05) is 17.0 Å². The monoisotopic (exact) mass is 443 g/mol. The number of likely N-dealkylation sites (tertiary alicyclic amines) is 1. The first-order valence-electron chi connectivity index (χ1n) is 10.5. The van der Waals surface area contributed by atoms with Crippen molar-refractivity contribution in [3.8, 4) is 5.75 Å². The van der Waals surface area contributed by atoms with Gasteiger partial charge in [-0.1, -0.05) is 32.0 Å². The second kappa shape index (κ2) is 10.1. The zero-order chi connectivity index (χ0) is 22.5. The van der Waals surface area contributed by atoms with Crippen molar-refractivity contribution in [3.05, 3.63) is 57.8 Å². The van der Waals surface area contributed by atoms with Crippen LogP contribution in [0.15, 0.2) is 47.4 Å². The molecule has 6 nitrogen and oxygen atoms in total. The smallest absolute Gasteiger partial charge is 0.295 e. The van der Waals surface area contributed by atoms with Gasteiger partial charge < -0.3 is 19.5 Å². The highest BCUT2D eigenvalue weighted by atomic mass is 32.1. The van der Waals surface area contributed by atoms with E-state index in [1.54, 1.807) is 24.3 Å². The van der Waals surface area contributed by atoms with Crippen molar-refractivity contribution in [3.63, 3.8) is 0 Å². The van der Waals surface area contributed by atoms with Gasteiger partial charge >= 0.3 is 0 Å². The Bertz CT molecular complexity index is 949. The first-order chi connectivity index (χ1) is 14.8. The van der Waals surface area contributed by atoms with E-state index in [-0.39, 0.29) is 24.0 Å². The molecule has 3 rings (SSSR count). The van der Waals surface area contributed by atoms with Gasteiger partial charge in [-0.2, -0.15) is 0 Å². The van der Waals surface area contributed by atoms with Gasteiger partial charge in [-0.3, -0.25) is 9.59 Å². The minimum atomic E-state index is -0.686. The molecule has 166 valence electrons. The van der Waals surface area contributed by atoms with Crippen LogP contribution in [-0.4, -0.2) is 47.6 Å². The molecule has 1 saturated heterocycles. The number of thiophene rings is 1. The topological polar surface area (TPSA) is 76.1 Å². The van der Waals surface area contributed by atoms with Crippen molar-refractivity contribution >= 4 is 28.8 Å². The lowest BCUT2D eigenvalue weighted by Crippen LogP contribution is -2.33. The maximum absolute atomic E-state index is 13.0. The van der Waals surface area contributed by atoms with Crippen molar-refractivity contribution in [2.24, 2.45) is 5.92 Å². The van der Waals surface area contributed by atoms with Crippen LogP contribution in [0.3, 0.4) is 0 Å². The highest BCUT2D eigenvalue weighted by Crippen LogP contribution is 2.41. The molecule has 1 aliphatic rings. The molecule has 1 N–H and O–H groups in total. The number of carbonyl (C=O) groups is 2. The number of hydrogen-bond donors (Lipinski definition) is 1. The molecule has 0 aliphatic carbocycles. The molecule has 1 atom stereocenters. The van der Waals surface area contributed by atoms with E-state index in [0.717, 1.165) is 4.88 Å². The average molecular weight is 444 g/mol. The summed E-state index contributed by atoms with van der Waals surface area (Å²) < 4.78 is 11.4. The van der Waals surface area contributed by atoms with E-state index in [0.29, 0.717) is 30.4 Å². The minimum Gasteiger partial charge on any atom is -0.507 e. The molecule has 2 aromatic rings. The van der Waals surface area contributed by atoms with Gasteiger partial charge in [0.15, 0.2) is 0 Å². The fraction of sp³-hybridized carbons (Fsp3) is 0.417. The zero-order valence-corrected chi connectivity index (χ0v) is 19.1. The maximum atomic E-state index is 13.0. The molecule has 1 aromatic carbocycles. The highest BCUT2D eigenvalue weighted by molar-refractivity contribution is 7.10. The lowest BCUT2D eigenvalue weighted by atomic mass is 10.00. The van der Waals surface area contributed by atoms with Gasteiger partial charge in [0.2, 0.25) is 0 Å². The number of carbonyl (C=O) groups excluding carboxylic acids is 2. The van der Waals surface area contributed by atoms with Crippen molar-refractivity contribution in [1.82, 2.24) is 4.90 Å². The third kappa shape index (κ3) is 5.35. The molecule has 0 bridgehead atoms. The van der Waals surface area contributed by atoms with Gasteiger partial charge in [0.05, 0.1) is 30.9 Å². The molecular formula is C24H29NO5S. The molecular weight excluding hydrogens is 414 g/mol. The number of hydrogen-bond acceptors (Lipinski definition) is 6. The second-order valence-electron chi connectivity index (χ2n) is 8.16. The normalized spacial score (nSPS) is 18.4. The van der Waals surface area contributed by atoms with E-state index in [9.17, 15) is 14.7 Å². The van der Waals surface area contributed by atoms with E-state index < -0.39 is 17.7 Å². The summed E-state index contributed by atoms with van der Waals surface area (Å²) in [5, 5.41) is 13.0. The number of benzene rings is 1. The number of Topliss-reactive ketones (excluding diaryl/α,β-unsaturated/α-hetero) is 1. The van der Waals surface area contributed by atoms with Crippen molar-refractivity contribution in [2.45, 2.75) is 39.8 Å². The van der Waals surface area contributed by atoms with Crippen LogP contribution >= 0.6 is 11.3 Å². The van der Waals surface area contributed by atoms with Gasteiger partial charge in [0.1, 0.15) is 11.5 Å². The Hall–Kier alpha value is -2.64. The van der Waals surface area contributed by atoms with Crippen LogP contribution in [0.25, 0.3) is 5.76 Å². The predicted molar refractivity (Wildman–Crippen MR) is 121 cm³/mol. The molecule has 1 unspecified atom stereocenters. The average Bonchev–Trinajstić information content (AvgIpc) is 3.34. The van der Waals surface area contributed by atoms with Crippen LogP contribution in [0.4, 0.5) is 0 Å². The standard InChI is InChI=1S/C24H29NO5S/c1-15(2)14-30-18-8-5-7-17(13-18)22(26)20-21(19-9-6-12-31-19)25(24(28)23(20)27)10-11-29-16(3)4/h5-9,12-13,15-16,21,26H,10-11,14H2,1-4H3/b22-20-. The summed E-state index contributed by atoms with van der Waals surface area (Å²) in [7, 11) is 0. The van der Waals surface area contributed by atoms with Crippen LogP contribution in [0.1, 0.15) is 44.2 Å². The molecule has 1 fully saturated rings. The largest absolute Gasteiger partial charge is 0.507 e. The van der Waals surface area contributed by atoms with Crippen LogP contribution in [0.5, 0.6) is 5.75 Å². The predicted octanol–water partition coefficient (Wildman–Crippen LogP) is 4.63. The molecule has 0 saturated carbocycles. The van der Waals surface area contributed by atoms with Gasteiger partial charge in [-0.25, -0.2) is 0 Å². The van der Waals surface area contributed by atoms with Gasteiger partial charge in [-0.05, 0) is 43.3 Å². The van der Waals surface area contributed by atoms with Gasteiger partial charge in [0.25, 0.3) is 11.7 Å². The van der Waals surface area contributed by atoms with E-state index in [4.69, 9.17) is 9.47 Å². The zero-order valence-electron chi connectivity index (χ0n) is 18.3. The van der Waals surface area contributed by atoms with Crippen molar-refractivity contribution in [2.75, 3.05) is 19.8 Å². The summed E-state index contributed by atoms with van der Waals surface area (Å²) >= 11 is 1.44. The number of aliphatic hydroxyl groups excluding tert-OH is 1. The summed E-state index contributed by atoms with van der Waals surface area (Å²) in [5.41, 5.74) is 0.539. The summed E-state index contributed by atoms with van der Waals surface area (Å²) in [5.74, 6) is -0.549. The van der Waals surface area contributed by atoms with Gasteiger partial charge in [-0.15, -0.1) is 11.3 Å². The highest BCUT2D eigenvalue weighted by Gasteiger charge is 2.46. The first kappa shape index (κ1) is 23.0. The number of ether oxygens (including phenoxy) is 2. The summed E-state index contributed by atoms with van der Waals surface area (Å²) in [6.45, 7) is 9.05. The number of amides is 1. The number of nitrogens with zero attached hydrogens (tertiary/aromatic N) is 1. The molecule has 1 aromatic heterocycles. The second-order valence-corrected chi connectivity index (χ2v) is 9.14. The molecule has 0 spiro atoms. The Kier molecular flexibility index (Phi) is 7.51. The van der Waals surface area contributed by atoms with Crippen LogP contribution in [-0.2, 0) is 14.3 Å². The molecule has 31 heavy (non-hydrogen) atoms. The van der Waals surface area contributed by atoms with E-state index in [1.165, 1.54) is 16.2 Å². The maximum Gasteiger partial charge on any atom is 0.295 e. The van der Waals surface area contributed by atoms with E-state index in [2.05, 4.69) is 13.8 Å². The van der Waals surface area contributed by atoms with Crippen LogP contribution < -0.4 is 4.74 Å². The SMILES string of the molecule is CC(C)COc1cccc(/C(O)=C2/C(=O)C(=O)N(CCOC(C)C)C2c2cccs2)c1. The lowest BCUT2D eigenvalue weighted by molar-refractivity contribution is -0.140. The van der Waals surface area contributed by atoms with Crippen molar-refractivity contribution in [1.29, 1.82) is 0 Å². The first-order valence-corrected chi connectivity index (χ1v) is 11.3. The third-order valence-corrected chi connectivity index (χ3v) is 5.75. The Morgan fingerprint density at radius 3 is 2.58 bits per heavy atom. The Morgan fingerprint density at radius 1 is 1.16 bits per heavy atom. The summed E-state index contributed by atoms with van der Waals surface area (Å²) in [4.78, 5) is 28.1. The molecule has 0 radical (unpaired) electrons. The fourth-order valence-corrected chi connectivity index (χ4v) is 4.24. The lowest BCUT2D eigenvalue weighted by Gasteiger charge is -2.24. The van der Waals surface area contributed by atoms with Crippen LogP contribution in [0.2, 0.25) is 0 Å². The summed E-state index contributed by atoms with van der Waals surface area (Å²) in [6, 6.07) is 10.1. The number of rotatable bonds is 9. The van der Waals surface area contributed by atoms with Crippen LogP contribution in [0, 0.1) is 5.92 Å². The molecule has 2 heterocycles. The molecule has 1 aliphatic heterocycles. The molecule has 1 amide bonds. The Labute approximate surface area is 187 Å². The quantitative estimate of drug-likeness (QED) is 0.347. The minimum absolute atomic E-state index is 0.0191. The molecule has 7 heteroatoms. The number of ketones is 1.